The van der Waals surface area contributed by atoms with E-state index in [1.807, 2.05) is 35.2 Å². The number of nitriles is 2. The summed E-state index contributed by atoms with van der Waals surface area (Å²) in [4.78, 5) is 16.0. The van der Waals surface area contributed by atoms with E-state index in [0.29, 0.717) is 17.4 Å². The molecule has 0 atom stereocenters. The van der Waals surface area contributed by atoms with Crippen LogP contribution in [-0.4, -0.2) is 42.0 Å². The summed E-state index contributed by atoms with van der Waals surface area (Å²) >= 11 is 6.30. The van der Waals surface area contributed by atoms with Crippen LogP contribution in [0.15, 0.2) is 35.7 Å². The lowest BCUT2D eigenvalue weighted by atomic mass is 10.1. The summed E-state index contributed by atoms with van der Waals surface area (Å²) in [5.74, 6) is 0.0713. The Morgan fingerprint density at radius 1 is 1.22 bits per heavy atom. The molecule has 2 rings (SSSR count). The van der Waals surface area contributed by atoms with E-state index in [1.54, 1.807) is 17.9 Å². The average molecular weight is 387 g/mol. The number of piperidine rings is 1. The van der Waals surface area contributed by atoms with Crippen LogP contribution in [-0.2, 0) is 16.1 Å². The third-order valence-corrected chi connectivity index (χ3v) is 4.72. The smallest absolute Gasteiger partial charge is 0.325 e. The molecule has 0 bridgehead atoms. The van der Waals surface area contributed by atoms with Gasteiger partial charge in [-0.1, -0.05) is 29.8 Å². The van der Waals surface area contributed by atoms with Crippen LogP contribution >= 0.6 is 11.6 Å². The molecule has 1 heterocycles. The van der Waals surface area contributed by atoms with Crippen molar-refractivity contribution in [1.82, 2.24) is 9.80 Å². The maximum atomic E-state index is 12.2. The average Bonchev–Trinajstić information content (AvgIpc) is 2.68. The molecular weight excluding hydrogens is 364 g/mol. The Hall–Kier alpha value is -2.70. The van der Waals surface area contributed by atoms with Crippen LogP contribution in [0, 0.1) is 22.7 Å². The SMILES string of the molecule is CCOC(=O)CN(Cc1ccccc1Cl)C(=C(C#N)C#N)N1CCCCC1. The van der Waals surface area contributed by atoms with Gasteiger partial charge in [-0.15, -0.1) is 0 Å². The first-order valence-electron chi connectivity index (χ1n) is 9.04. The molecule has 0 spiro atoms. The second-order valence-electron chi connectivity index (χ2n) is 6.22. The van der Waals surface area contributed by atoms with Gasteiger partial charge in [0.2, 0.25) is 0 Å². The van der Waals surface area contributed by atoms with Crippen LogP contribution in [0.25, 0.3) is 0 Å². The van der Waals surface area contributed by atoms with Gasteiger partial charge in [-0.05, 0) is 37.8 Å². The number of hydrogen-bond donors (Lipinski definition) is 0. The van der Waals surface area contributed by atoms with E-state index in [2.05, 4.69) is 0 Å². The molecule has 0 aromatic heterocycles. The van der Waals surface area contributed by atoms with Gasteiger partial charge >= 0.3 is 5.97 Å². The molecule has 0 radical (unpaired) electrons. The largest absolute Gasteiger partial charge is 0.465 e. The van der Waals surface area contributed by atoms with E-state index >= 15 is 0 Å². The number of likely N-dealkylation sites (tertiary alicyclic amines) is 1. The van der Waals surface area contributed by atoms with Crippen LogP contribution in [0.4, 0.5) is 0 Å². The Labute approximate surface area is 165 Å². The highest BCUT2D eigenvalue weighted by Gasteiger charge is 2.26. The number of benzene rings is 1. The Morgan fingerprint density at radius 2 is 1.89 bits per heavy atom. The fourth-order valence-electron chi connectivity index (χ4n) is 3.15. The Bertz CT molecular complexity index is 757. The lowest BCUT2D eigenvalue weighted by Crippen LogP contribution is -2.41. The summed E-state index contributed by atoms with van der Waals surface area (Å²) in [7, 11) is 0. The number of allylic oxidation sites excluding steroid dienone is 1. The van der Waals surface area contributed by atoms with Gasteiger partial charge in [0.1, 0.15) is 24.5 Å². The van der Waals surface area contributed by atoms with Gasteiger partial charge in [-0.25, -0.2) is 0 Å². The molecule has 7 heteroatoms. The summed E-state index contributed by atoms with van der Waals surface area (Å²) in [6.07, 6.45) is 3.07. The van der Waals surface area contributed by atoms with Gasteiger partial charge in [-0.2, -0.15) is 10.5 Å². The summed E-state index contributed by atoms with van der Waals surface area (Å²) in [5.41, 5.74) is 0.807. The number of carbonyl (C=O) groups excluding carboxylic acids is 1. The van der Waals surface area contributed by atoms with Crippen molar-refractivity contribution < 1.29 is 9.53 Å². The molecule has 0 N–H and O–H groups in total. The van der Waals surface area contributed by atoms with Gasteiger partial charge in [0.05, 0.1) is 6.61 Å². The normalized spacial score (nSPS) is 13.3. The van der Waals surface area contributed by atoms with Crippen LogP contribution in [0.1, 0.15) is 31.7 Å². The fraction of sp³-hybridized carbons (Fsp3) is 0.450. The standard InChI is InChI=1S/C20H23ClN4O2/c1-2-27-19(26)15-25(14-16-8-4-5-9-18(16)21)20(17(12-22)13-23)24-10-6-3-7-11-24/h4-5,8-9H,2-3,6-7,10-11,14-15H2,1H3. The second kappa shape index (κ2) is 10.4. The van der Waals surface area contributed by atoms with Crippen molar-refractivity contribution in [2.45, 2.75) is 32.7 Å². The highest BCUT2D eigenvalue weighted by Crippen LogP contribution is 2.25. The number of carbonyl (C=O) groups is 1. The summed E-state index contributed by atoms with van der Waals surface area (Å²) in [5, 5.41) is 19.6. The lowest BCUT2D eigenvalue weighted by Gasteiger charge is -2.37. The first-order valence-corrected chi connectivity index (χ1v) is 9.41. The van der Waals surface area contributed by atoms with E-state index in [1.165, 1.54) is 0 Å². The Kier molecular flexibility index (Phi) is 7.98. The van der Waals surface area contributed by atoms with Crippen molar-refractivity contribution >= 4 is 17.6 Å². The van der Waals surface area contributed by atoms with E-state index in [4.69, 9.17) is 16.3 Å². The predicted octanol–water partition coefficient (Wildman–Crippen LogP) is 3.45. The van der Waals surface area contributed by atoms with E-state index < -0.39 is 5.97 Å². The molecule has 1 aliphatic heterocycles. The van der Waals surface area contributed by atoms with Crippen molar-refractivity contribution in [2.75, 3.05) is 26.2 Å². The zero-order chi connectivity index (χ0) is 19.6. The predicted molar refractivity (Wildman–Crippen MR) is 102 cm³/mol. The topological polar surface area (TPSA) is 80.4 Å². The molecule has 27 heavy (non-hydrogen) atoms. The van der Waals surface area contributed by atoms with Crippen molar-refractivity contribution in [3.8, 4) is 12.1 Å². The molecule has 142 valence electrons. The molecule has 1 aliphatic rings. The zero-order valence-electron chi connectivity index (χ0n) is 15.4. The van der Waals surface area contributed by atoms with Crippen LogP contribution < -0.4 is 0 Å². The van der Waals surface area contributed by atoms with Gasteiger partial charge in [0, 0.05) is 24.7 Å². The van der Waals surface area contributed by atoms with E-state index in [0.717, 1.165) is 37.9 Å². The van der Waals surface area contributed by atoms with Crippen molar-refractivity contribution in [1.29, 1.82) is 10.5 Å². The number of halogens is 1. The fourth-order valence-corrected chi connectivity index (χ4v) is 3.34. The highest BCUT2D eigenvalue weighted by molar-refractivity contribution is 6.31. The van der Waals surface area contributed by atoms with Crippen LogP contribution in [0.5, 0.6) is 0 Å². The molecule has 1 aromatic carbocycles. The molecular formula is C20H23ClN4O2. The van der Waals surface area contributed by atoms with Crippen molar-refractivity contribution in [3.05, 3.63) is 46.2 Å². The van der Waals surface area contributed by atoms with Gasteiger partial charge < -0.3 is 14.5 Å². The first kappa shape index (κ1) is 20.6. The van der Waals surface area contributed by atoms with E-state index in [9.17, 15) is 15.3 Å². The zero-order valence-corrected chi connectivity index (χ0v) is 16.2. The molecule has 1 saturated heterocycles. The number of rotatable bonds is 7. The van der Waals surface area contributed by atoms with Crippen molar-refractivity contribution in [3.63, 3.8) is 0 Å². The monoisotopic (exact) mass is 386 g/mol. The van der Waals surface area contributed by atoms with Gasteiger partial charge in [-0.3, -0.25) is 4.79 Å². The highest BCUT2D eigenvalue weighted by atomic mass is 35.5. The molecule has 0 aliphatic carbocycles. The Morgan fingerprint density at radius 3 is 2.48 bits per heavy atom. The molecule has 0 unspecified atom stereocenters. The molecule has 0 amide bonds. The molecule has 6 nitrogen and oxygen atoms in total. The molecule has 1 aromatic rings. The molecule has 1 fully saturated rings. The van der Waals surface area contributed by atoms with E-state index in [-0.39, 0.29) is 18.7 Å². The quantitative estimate of drug-likeness (QED) is 0.527. The van der Waals surface area contributed by atoms with Crippen LogP contribution in [0.2, 0.25) is 5.02 Å². The van der Waals surface area contributed by atoms with Gasteiger partial charge in [0.25, 0.3) is 0 Å². The maximum absolute atomic E-state index is 12.2. The van der Waals surface area contributed by atoms with Gasteiger partial charge in [0.15, 0.2) is 5.57 Å². The minimum absolute atomic E-state index is 0.00625. The second-order valence-corrected chi connectivity index (χ2v) is 6.63. The minimum Gasteiger partial charge on any atom is -0.465 e. The summed E-state index contributed by atoms with van der Waals surface area (Å²) in [6, 6.07) is 11.3. The Balaban J connectivity index is 2.44. The first-order chi connectivity index (χ1) is 13.1. The number of hydrogen-bond acceptors (Lipinski definition) is 6. The van der Waals surface area contributed by atoms with Crippen molar-refractivity contribution in [2.24, 2.45) is 0 Å². The molecule has 0 saturated carbocycles. The summed E-state index contributed by atoms with van der Waals surface area (Å²) < 4.78 is 5.10. The summed E-state index contributed by atoms with van der Waals surface area (Å²) in [6.45, 7) is 3.74. The maximum Gasteiger partial charge on any atom is 0.325 e. The van der Waals surface area contributed by atoms with Crippen LogP contribution in [0.3, 0.4) is 0 Å². The lowest BCUT2D eigenvalue weighted by molar-refractivity contribution is -0.144. The third-order valence-electron chi connectivity index (χ3n) is 4.35. The number of esters is 1. The third kappa shape index (κ3) is 5.64. The minimum atomic E-state index is -0.408. The number of ether oxygens (including phenoxy) is 1. The number of nitrogens with zero attached hydrogens (tertiary/aromatic N) is 4.